The Balaban J connectivity index is 1.12. The van der Waals surface area contributed by atoms with Crippen LogP contribution in [0.15, 0.2) is 223 Å². The summed E-state index contributed by atoms with van der Waals surface area (Å²) < 4.78 is 11.9. The van der Waals surface area contributed by atoms with Gasteiger partial charge in [0.05, 0.1) is 27.1 Å². The summed E-state index contributed by atoms with van der Waals surface area (Å²) >= 11 is 1.85. The van der Waals surface area contributed by atoms with Gasteiger partial charge in [0, 0.05) is 54.0 Å². The molecule has 0 radical (unpaired) electrons. The molecule has 0 N–H and O–H groups in total. The summed E-state index contributed by atoms with van der Waals surface area (Å²) in [7, 11) is 0. The third-order valence-electron chi connectivity index (χ3n) is 12.6. The van der Waals surface area contributed by atoms with Gasteiger partial charge >= 0.3 is 0 Å². The van der Waals surface area contributed by atoms with Gasteiger partial charge in [-0.2, -0.15) is 0 Å². The molecule has 4 heteroatoms. The van der Waals surface area contributed by atoms with E-state index in [1.807, 2.05) is 11.3 Å². The lowest BCUT2D eigenvalue weighted by Gasteiger charge is -2.27. The van der Waals surface area contributed by atoms with Gasteiger partial charge in [0.2, 0.25) is 0 Å². The third-order valence-corrected chi connectivity index (χ3v) is 13.8. The number of rotatable bonds is 6. The topological polar surface area (TPSA) is 21.3 Å². The number of fused-ring (bicyclic) bond motifs is 10. The fourth-order valence-electron chi connectivity index (χ4n) is 9.81. The van der Waals surface area contributed by atoms with Gasteiger partial charge in [0.1, 0.15) is 5.58 Å². The Hall–Kier alpha value is -7.92. The summed E-state index contributed by atoms with van der Waals surface area (Å²) in [6.45, 7) is 0. The summed E-state index contributed by atoms with van der Waals surface area (Å²) in [6, 6.07) is 79.2. The van der Waals surface area contributed by atoms with Gasteiger partial charge in [-0.05, 0) is 88.1 Å². The quantitative estimate of drug-likeness (QED) is 0.167. The van der Waals surface area contributed by atoms with Gasteiger partial charge in [-0.25, -0.2) is 0 Å². The van der Waals surface area contributed by atoms with E-state index in [9.17, 15) is 0 Å². The van der Waals surface area contributed by atoms with Gasteiger partial charge in [-0.15, -0.1) is 11.3 Å². The fourth-order valence-corrected chi connectivity index (χ4v) is 11.0. The second kappa shape index (κ2) is 13.8. The third kappa shape index (κ3) is 5.30. The highest BCUT2D eigenvalue weighted by molar-refractivity contribution is 7.26. The van der Waals surface area contributed by atoms with Crippen molar-refractivity contribution in [3.63, 3.8) is 0 Å². The second-order valence-electron chi connectivity index (χ2n) is 16.0. The molecular formula is C58H36N2OS. The molecule has 13 aromatic rings. The van der Waals surface area contributed by atoms with Crippen LogP contribution >= 0.6 is 11.3 Å². The molecule has 0 saturated carbocycles. The minimum atomic E-state index is 0.849. The second-order valence-corrected chi connectivity index (χ2v) is 17.1. The number of nitrogens with zero attached hydrogens (tertiary/aromatic N) is 2. The zero-order chi connectivity index (χ0) is 40.7. The van der Waals surface area contributed by atoms with Crippen LogP contribution in [0.5, 0.6) is 0 Å². The van der Waals surface area contributed by atoms with Crippen molar-refractivity contribution in [2.24, 2.45) is 0 Å². The van der Waals surface area contributed by atoms with Crippen LogP contribution in [0.3, 0.4) is 0 Å². The largest absolute Gasteiger partial charge is 0.454 e. The number of benzene rings is 10. The predicted molar refractivity (Wildman–Crippen MR) is 264 cm³/mol. The molecule has 10 aromatic carbocycles. The molecule has 0 amide bonds. The lowest BCUT2D eigenvalue weighted by molar-refractivity contribution is 0.669. The molecular weight excluding hydrogens is 773 g/mol. The van der Waals surface area contributed by atoms with Crippen LogP contribution in [0.4, 0.5) is 17.1 Å². The van der Waals surface area contributed by atoms with Crippen molar-refractivity contribution in [1.82, 2.24) is 4.57 Å². The molecule has 13 rings (SSSR count). The first-order valence-electron chi connectivity index (χ1n) is 21.1. The first-order valence-corrected chi connectivity index (χ1v) is 21.9. The molecule has 3 aromatic heterocycles. The van der Waals surface area contributed by atoms with Crippen LogP contribution in [-0.4, -0.2) is 4.57 Å². The number of anilines is 3. The highest BCUT2D eigenvalue weighted by Crippen LogP contribution is 2.50. The Labute approximate surface area is 361 Å². The van der Waals surface area contributed by atoms with Crippen molar-refractivity contribution in [3.8, 4) is 27.9 Å². The van der Waals surface area contributed by atoms with Crippen LogP contribution in [0.2, 0.25) is 0 Å². The maximum atomic E-state index is 7.00. The number of hydrogen-bond acceptors (Lipinski definition) is 3. The van der Waals surface area contributed by atoms with Gasteiger partial charge in [-0.1, -0.05) is 158 Å². The van der Waals surface area contributed by atoms with E-state index in [1.54, 1.807) is 0 Å². The summed E-state index contributed by atoms with van der Waals surface area (Å²) in [5.41, 5.74) is 13.0. The lowest BCUT2D eigenvalue weighted by atomic mass is 9.97. The molecule has 0 spiro atoms. The predicted octanol–water partition coefficient (Wildman–Crippen LogP) is 17.0. The number of hydrogen-bond donors (Lipinski definition) is 0. The number of furan rings is 1. The van der Waals surface area contributed by atoms with E-state index < -0.39 is 0 Å². The van der Waals surface area contributed by atoms with Crippen molar-refractivity contribution in [2.45, 2.75) is 0 Å². The fraction of sp³-hybridized carbons (Fsp3) is 0. The van der Waals surface area contributed by atoms with Crippen molar-refractivity contribution in [3.05, 3.63) is 218 Å². The van der Waals surface area contributed by atoms with E-state index >= 15 is 0 Å². The Bertz CT molecular complexity index is 3870. The van der Waals surface area contributed by atoms with Crippen LogP contribution in [-0.2, 0) is 0 Å². The minimum absolute atomic E-state index is 0.849. The molecule has 0 bridgehead atoms. The van der Waals surface area contributed by atoms with E-state index in [2.05, 4.69) is 228 Å². The van der Waals surface area contributed by atoms with E-state index in [0.29, 0.717) is 0 Å². The zero-order valence-corrected chi connectivity index (χ0v) is 34.3. The Morgan fingerprint density at radius 1 is 0.419 bits per heavy atom. The van der Waals surface area contributed by atoms with Crippen LogP contribution < -0.4 is 4.90 Å². The molecule has 62 heavy (non-hydrogen) atoms. The average Bonchev–Trinajstić information content (AvgIpc) is 4.02. The van der Waals surface area contributed by atoms with Crippen molar-refractivity contribution in [2.75, 3.05) is 4.90 Å². The first-order chi connectivity index (χ1) is 30.8. The maximum absolute atomic E-state index is 7.00. The molecule has 290 valence electrons. The number of para-hydroxylation sites is 4. The van der Waals surface area contributed by atoms with Crippen LogP contribution in [0.1, 0.15) is 0 Å². The highest BCUT2D eigenvalue weighted by atomic mass is 32.1. The zero-order valence-electron chi connectivity index (χ0n) is 33.5. The Morgan fingerprint density at radius 3 is 1.97 bits per heavy atom. The SMILES string of the molecule is c1ccc(-n2c3ccccc3c3cccc(-c4cc(N(c5ccc(-c6cccc7ccccc67)cc5)c5cccc6c5sc5ccccc56)c5oc6ccccc6c5c4)c32)cc1. The molecule has 0 unspecified atom stereocenters. The minimum Gasteiger partial charge on any atom is -0.454 e. The summed E-state index contributed by atoms with van der Waals surface area (Å²) in [5, 5.41) is 9.61. The van der Waals surface area contributed by atoms with Crippen molar-refractivity contribution < 1.29 is 4.42 Å². The molecule has 0 aliphatic carbocycles. The Morgan fingerprint density at radius 2 is 1.08 bits per heavy atom. The highest BCUT2D eigenvalue weighted by Gasteiger charge is 2.25. The van der Waals surface area contributed by atoms with Gasteiger partial charge < -0.3 is 13.9 Å². The van der Waals surface area contributed by atoms with Gasteiger partial charge in [0.15, 0.2) is 5.58 Å². The molecule has 0 aliphatic heterocycles. The van der Waals surface area contributed by atoms with Crippen molar-refractivity contribution in [1.29, 1.82) is 0 Å². The average molecular weight is 809 g/mol. The van der Waals surface area contributed by atoms with Gasteiger partial charge in [0.25, 0.3) is 0 Å². The standard InChI is InChI=1S/C58H36N2OS/c1-2-17-40(18-3-1)60-51-27-9-6-20-45(51)48-25-13-24-44(56(48)60)39-35-50-46-21-7-10-29-54(46)61-57(50)53(36-39)59(52-28-14-26-49-47-22-8-11-30-55(47)62-58(49)52)41-33-31-38(32-34-41)43-23-12-16-37-15-4-5-19-42(37)43/h1-36H. The van der Waals surface area contributed by atoms with E-state index in [-0.39, 0.29) is 0 Å². The normalized spacial score (nSPS) is 11.9. The van der Waals surface area contributed by atoms with Crippen molar-refractivity contribution >= 4 is 103 Å². The van der Waals surface area contributed by atoms with E-state index in [4.69, 9.17) is 4.42 Å². The molecule has 3 nitrogen and oxygen atoms in total. The summed E-state index contributed by atoms with van der Waals surface area (Å²) in [5.74, 6) is 0. The molecule has 0 atom stereocenters. The molecule has 3 heterocycles. The Kier molecular flexibility index (Phi) is 7.78. The summed E-state index contributed by atoms with van der Waals surface area (Å²) in [6.07, 6.45) is 0. The first kappa shape index (κ1) is 34.9. The lowest BCUT2D eigenvalue weighted by Crippen LogP contribution is -2.10. The van der Waals surface area contributed by atoms with Gasteiger partial charge in [-0.3, -0.25) is 0 Å². The summed E-state index contributed by atoms with van der Waals surface area (Å²) in [4.78, 5) is 2.44. The smallest absolute Gasteiger partial charge is 0.159 e. The van der Waals surface area contributed by atoms with E-state index in [1.165, 1.54) is 63.9 Å². The number of aromatic nitrogens is 1. The maximum Gasteiger partial charge on any atom is 0.159 e. The molecule has 0 saturated heterocycles. The van der Waals surface area contributed by atoms with Crippen LogP contribution in [0, 0.1) is 0 Å². The van der Waals surface area contributed by atoms with E-state index in [0.717, 1.165) is 55.8 Å². The number of thiophene rings is 1. The monoisotopic (exact) mass is 808 g/mol. The molecule has 0 aliphatic rings. The molecule has 0 fully saturated rings. The van der Waals surface area contributed by atoms with Crippen LogP contribution in [0.25, 0.3) is 103 Å².